The van der Waals surface area contributed by atoms with Gasteiger partial charge in [-0.1, -0.05) is 13.8 Å². The Kier molecular flexibility index (Phi) is 5.09. The third-order valence-corrected chi connectivity index (χ3v) is 3.03. The molecule has 0 saturated carbocycles. The number of carbonyl (C=O) groups excluding carboxylic acids is 2. The Labute approximate surface area is 104 Å². The third-order valence-electron chi connectivity index (χ3n) is 2.07. The van der Waals surface area contributed by atoms with Crippen LogP contribution in [-0.4, -0.2) is 24.4 Å². The number of alkyl carbamates (subject to hydrolysis) is 1. The van der Waals surface area contributed by atoms with Crippen molar-refractivity contribution < 1.29 is 14.3 Å². The van der Waals surface area contributed by atoms with Crippen LogP contribution in [0.5, 0.6) is 0 Å². The number of thiazole rings is 1. The lowest BCUT2D eigenvalue weighted by Gasteiger charge is -2.17. The van der Waals surface area contributed by atoms with E-state index in [0.717, 1.165) is 0 Å². The molecule has 0 radical (unpaired) electrons. The quantitative estimate of drug-likeness (QED) is 0.821. The fraction of sp³-hybridized carbons (Fsp3) is 0.545. The molecule has 1 aromatic heterocycles. The summed E-state index contributed by atoms with van der Waals surface area (Å²) in [4.78, 5) is 25.9. The number of hydrogen-bond acceptors (Lipinski definition) is 5. The number of nitrogens with one attached hydrogen (secondary N) is 1. The van der Waals surface area contributed by atoms with Crippen LogP contribution >= 0.6 is 11.3 Å². The molecular weight excluding hydrogens is 240 g/mol. The van der Waals surface area contributed by atoms with E-state index >= 15 is 0 Å². The van der Waals surface area contributed by atoms with Crippen LogP contribution in [0.4, 0.5) is 4.79 Å². The Morgan fingerprint density at radius 1 is 1.65 bits per heavy atom. The van der Waals surface area contributed by atoms with Crippen LogP contribution in [0.15, 0.2) is 5.38 Å². The number of rotatable bonds is 5. The number of ether oxygens (including phenoxy) is 1. The predicted octanol–water partition coefficient (Wildman–Crippen LogP) is 2.40. The average molecular weight is 256 g/mol. The Morgan fingerprint density at radius 2 is 2.35 bits per heavy atom. The van der Waals surface area contributed by atoms with E-state index in [0.29, 0.717) is 29.3 Å². The summed E-state index contributed by atoms with van der Waals surface area (Å²) in [7, 11) is 1.51. The van der Waals surface area contributed by atoms with Crippen molar-refractivity contribution in [3.05, 3.63) is 16.1 Å². The summed E-state index contributed by atoms with van der Waals surface area (Å²) >= 11 is 1.33. The zero-order valence-electron chi connectivity index (χ0n) is 10.1. The van der Waals surface area contributed by atoms with Gasteiger partial charge in [0.1, 0.15) is 10.7 Å². The van der Waals surface area contributed by atoms with E-state index < -0.39 is 12.2 Å². The fourth-order valence-corrected chi connectivity index (χ4v) is 2.12. The van der Waals surface area contributed by atoms with Gasteiger partial charge in [-0.05, 0) is 12.3 Å². The molecule has 0 unspecified atom stereocenters. The second-order valence-electron chi connectivity index (χ2n) is 4.00. The molecule has 1 aromatic rings. The van der Waals surface area contributed by atoms with Crippen molar-refractivity contribution >= 4 is 23.7 Å². The van der Waals surface area contributed by atoms with Crippen molar-refractivity contribution in [2.45, 2.75) is 26.4 Å². The molecule has 17 heavy (non-hydrogen) atoms. The highest BCUT2D eigenvalue weighted by molar-refractivity contribution is 7.09. The molecule has 0 bridgehead atoms. The smallest absolute Gasteiger partial charge is 0.407 e. The highest BCUT2D eigenvalue weighted by atomic mass is 32.1. The van der Waals surface area contributed by atoms with Crippen LogP contribution in [0.1, 0.15) is 41.9 Å². The van der Waals surface area contributed by atoms with E-state index in [4.69, 9.17) is 4.74 Å². The van der Waals surface area contributed by atoms with Gasteiger partial charge < -0.3 is 10.1 Å². The lowest BCUT2D eigenvalue weighted by atomic mass is 10.1. The lowest BCUT2D eigenvalue weighted by Crippen LogP contribution is -2.22. The van der Waals surface area contributed by atoms with Crippen LogP contribution < -0.4 is 5.32 Å². The van der Waals surface area contributed by atoms with Crippen LogP contribution in [0, 0.1) is 5.92 Å². The molecule has 1 atom stereocenters. The first kappa shape index (κ1) is 13.6. The van der Waals surface area contributed by atoms with Crippen LogP contribution in [0.3, 0.4) is 0 Å². The summed E-state index contributed by atoms with van der Waals surface area (Å²) in [5.41, 5.74) is 0.374. The van der Waals surface area contributed by atoms with Gasteiger partial charge >= 0.3 is 6.09 Å². The molecule has 0 aromatic carbocycles. The maximum atomic E-state index is 11.2. The largest absolute Gasteiger partial charge is 0.439 e. The van der Waals surface area contributed by atoms with Crippen molar-refractivity contribution in [1.29, 1.82) is 0 Å². The molecule has 1 rings (SSSR count). The minimum absolute atomic E-state index is 0.369. The van der Waals surface area contributed by atoms with Gasteiger partial charge in [-0.15, -0.1) is 11.3 Å². The van der Waals surface area contributed by atoms with Crippen LogP contribution in [0.2, 0.25) is 0 Å². The highest BCUT2D eigenvalue weighted by Crippen LogP contribution is 2.27. The van der Waals surface area contributed by atoms with E-state index in [-0.39, 0.29) is 0 Å². The second-order valence-corrected chi connectivity index (χ2v) is 4.89. The maximum Gasteiger partial charge on any atom is 0.407 e. The van der Waals surface area contributed by atoms with Gasteiger partial charge in [-0.2, -0.15) is 0 Å². The Bertz CT molecular complexity index is 390. The summed E-state index contributed by atoms with van der Waals surface area (Å²) in [6.45, 7) is 4.07. The first-order valence-electron chi connectivity index (χ1n) is 5.35. The van der Waals surface area contributed by atoms with Crippen molar-refractivity contribution in [2.75, 3.05) is 7.05 Å². The SMILES string of the molecule is CNC(=O)O[C@@H](CC(C)C)c1nc(C=O)cs1. The van der Waals surface area contributed by atoms with Crippen molar-refractivity contribution in [2.24, 2.45) is 5.92 Å². The Balaban J connectivity index is 2.80. The molecule has 1 heterocycles. The standard InChI is InChI=1S/C11H16N2O3S/c1-7(2)4-9(16-11(15)12-3)10-13-8(5-14)6-17-10/h5-7,9H,4H2,1-3H3,(H,12,15)/t9-/m0/s1. The lowest BCUT2D eigenvalue weighted by molar-refractivity contribution is 0.0866. The zero-order chi connectivity index (χ0) is 12.8. The molecule has 1 N–H and O–H groups in total. The summed E-state index contributed by atoms with van der Waals surface area (Å²) in [6, 6.07) is 0. The van der Waals surface area contributed by atoms with Gasteiger partial charge in [0.15, 0.2) is 12.4 Å². The number of hydrogen-bond donors (Lipinski definition) is 1. The fourth-order valence-electron chi connectivity index (χ4n) is 1.32. The minimum Gasteiger partial charge on any atom is -0.439 e. The zero-order valence-corrected chi connectivity index (χ0v) is 10.9. The molecule has 0 saturated heterocycles. The Morgan fingerprint density at radius 3 is 2.82 bits per heavy atom. The van der Waals surface area contributed by atoms with Gasteiger partial charge in [0.25, 0.3) is 0 Å². The summed E-state index contributed by atoms with van der Waals surface area (Å²) in [5, 5.41) is 4.72. The number of aldehydes is 1. The summed E-state index contributed by atoms with van der Waals surface area (Å²) < 4.78 is 5.24. The van der Waals surface area contributed by atoms with Crippen molar-refractivity contribution in [3.8, 4) is 0 Å². The molecule has 5 nitrogen and oxygen atoms in total. The molecule has 0 aliphatic rings. The van der Waals surface area contributed by atoms with Crippen LogP contribution in [0.25, 0.3) is 0 Å². The van der Waals surface area contributed by atoms with E-state index in [9.17, 15) is 9.59 Å². The predicted molar refractivity (Wildman–Crippen MR) is 65.2 cm³/mol. The molecule has 6 heteroatoms. The summed E-state index contributed by atoms with van der Waals surface area (Å²) in [5.74, 6) is 0.369. The van der Waals surface area contributed by atoms with Gasteiger partial charge in [0, 0.05) is 12.4 Å². The van der Waals surface area contributed by atoms with E-state index in [1.54, 1.807) is 5.38 Å². The van der Waals surface area contributed by atoms with Crippen LogP contribution in [-0.2, 0) is 4.74 Å². The second kappa shape index (κ2) is 6.34. The normalized spacial score (nSPS) is 12.2. The number of amides is 1. The van der Waals surface area contributed by atoms with E-state index in [1.807, 2.05) is 13.8 Å². The first-order chi connectivity index (χ1) is 8.06. The molecule has 0 fully saturated rings. The molecule has 0 aliphatic heterocycles. The molecule has 0 spiro atoms. The molecule has 0 aliphatic carbocycles. The van der Waals surface area contributed by atoms with E-state index in [1.165, 1.54) is 18.4 Å². The monoisotopic (exact) mass is 256 g/mol. The van der Waals surface area contributed by atoms with Gasteiger partial charge in [-0.25, -0.2) is 9.78 Å². The maximum absolute atomic E-state index is 11.2. The molecule has 94 valence electrons. The average Bonchev–Trinajstić information content (AvgIpc) is 2.75. The van der Waals surface area contributed by atoms with Crippen molar-refractivity contribution in [1.82, 2.24) is 10.3 Å². The van der Waals surface area contributed by atoms with E-state index in [2.05, 4.69) is 10.3 Å². The summed E-state index contributed by atoms with van der Waals surface area (Å²) in [6.07, 6.45) is 0.484. The first-order valence-corrected chi connectivity index (χ1v) is 6.23. The highest BCUT2D eigenvalue weighted by Gasteiger charge is 2.21. The number of carbonyl (C=O) groups is 2. The molecular formula is C11H16N2O3S. The number of nitrogens with zero attached hydrogens (tertiary/aromatic N) is 1. The number of aromatic nitrogens is 1. The van der Waals surface area contributed by atoms with Gasteiger partial charge in [0.05, 0.1) is 0 Å². The van der Waals surface area contributed by atoms with Gasteiger partial charge in [-0.3, -0.25) is 4.79 Å². The third kappa shape index (κ3) is 4.14. The van der Waals surface area contributed by atoms with Gasteiger partial charge in [0.2, 0.25) is 0 Å². The Hall–Kier alpha value is -1.43. The van der Waals surface area contributed by atoms with Crippen molar-refractivity contribution in [3.63, 3.8) is 0 Å². The topological polar surface area (TPSA) is 68.3 Å². The minimum atomic E-state index is -0.487. The molecule has 1 amide bonds.